The molecule has 1 heterocycles. The van der Waals surface area contributed by atoms with Gasteiger partial charge in [0, 0.05) is 0 Å². The van der Waals surface area contributed by atoms with E-state index in [-0.39, 0.29) is 5.75 Å². The Morgan fingerprint density at radius 2 is 1.80 bits per heavy atom. The molecule has 0 saturated carbocycles. The molecule has 4 N–H and O–H groups in total. The molecule has 0 aliphatic carbocycles. The Kier molecular flexibility index (Phi) is 3.19. The Morgan fingerprint density at radius 3 is 2.33 bits per heavy atom. The molecule has 2 aromatic rings. The average molecular weight is 233 g/mol. The molecular formula is C6H7N3O5S. The smallest absolute Gasteiger partial charge is 0.394 e. The molecule has 9 heteroatoms. The molecule has 0 bridgehead atoms. The highest BCUT2D eigenvalue weighted by molar-refractivity contribution is 7.79. The van der Waals surface area contributed by atoms with Gasteiger partial charge in [-0.25, -0.2) is 0 Å². The highest BCUT2D eigenvalue weighted by Crippen LogP contribution is 2.18. The van der Waals surface area contributed by atoms with Crippen LogP contribution in [0.4, 0.5) is 0 Å². The fourth-order valence-electron chi connectivity index (χ4n) is 0.853. The molecule has 82 valence electrons. The van der Waals surface area contributed by atoms with Crippen molar-refractivity contribution in [3.05, 3.63) is 18.2 Å². The van der Waals surface area contributed by atoms with E-state index in [1.165, 1.54) is 0 Å². The van der Waals surface area contributed by atoms with E-state index in [4.69, 9.17) is 22.6 Å². The predicted molar refractivity (Wildman–Crippen MR) is 49.7 cm³/mol. The molecular weight excluding hydrogens is 226 g/mol. The van der Waals surface area contributed by atoms with Gasteiger partial charge in [0.25, 0.3) is 0 Å². The van der Waals surface area contributed by atoms with Crippen LogP contribution in [-0.2, 0) is 10.4 Å². The SMILES string of the molecule is O=S(=O)(O)O.Oc1cccc2n[nH]nc12. The molecule has 2 rings (SSSR count). The zero-order chi connectivity index (χ0) is 11.5. The zero-order valence-corrected chi connectivity index (χ0v) is 8.01. The number of fused-ring (bicyclic) bond motifs is 1. The molecule has 0 aliphatic heterocycles. The van der Waals surface area contributed by atoms with Gasteiger partial charge in [0.05, 0.1) is 0 Å². The first-order valence-electron chi connectivity index (χ1n) is 3.56. The van der Waals surface area contributed by atoms with E-state index in [0.29, 0.717) is 11.0 Å². The number of benzene rings is 1. The number of phenolic OH excluding ortho intramolecular Hbond substituents is 1. The number of aromatic amines is 1. The normalized spacial score (nSPS) is 10.8. The second-order valence-corrected chi connectivity index (χ2v) is 3.31. The Bertz CT molecular complexity index is 541. The van der Waals surface area contributed by atoms with Crippen molar-refractivity contribution < 1.29 is 22.6 Å². The van der Waals surface area contributed by atoms with E-state index >= 15 is 0 Å². The number of aromatic nitrogens is 3. The summed E-state index contributed by atoms with van der Waals surface area (Å²) in [6.45, 7) is 0. The van der Waals surface area contributed by atoms with Gasteiger partial charge in [-0.05, 0) is 12.1 Å². The largest absolute Gasteiger partial charge is 0.506 e. The van der Waals surface area contributed by atoms with Crippen molar-refractivity contribution in [2.75, 3.05) is 0 Å². The van der Waals surface area contributed by atoms with E-state index in [0.717, 1.165) is 0 Å². The van der Waals surface area contributed by atoms with Gasteiger partial charge < -0.3 is 5.11 Å². The van der Waals surface area contributed by atoms with Crippen LogP contribution in [0.25, 0.3) is 11.0 Å². The van der Waals surface area contributed by atoms with Gasteiger partial charge in [-0.2, -0.15) is 23.8 Å². The van der Waals surface area contributed by atoms with Crippen molar-refractivity contribution >= 4 is 21.4 Å². The van der Waals surface area contributed by atoms with Gasteiger partial charge in [-0.1, -0.05) is 6.07 Å². The molecule has 0 saturated heterocycles. The van der Waals surface area contributed by atoms with Crippen LogP contribution >= 0.6 is 0 Å². The van der Waals surface area contributed by atoms with Crippen molar-refractivity contribution in [3.63, 3.8) is 0 Å². The van der Waals surface area contributed by atoms with E-state index in [9.17, 15) is 0 Å². The molecule has 15 heavy (non-hydrogen) atoms. The van der Waals surface area contributed by atoms with E-state index in [2.05, 4.69) is 15.4 Å². The summed E-state index contributed by atoms with van der Waals surface area (Å²) < 4.78 is 31.6. The fraction of sp³-hybridized carbons (Fsp3) is 0. The minimum Gasteiger partial charge on any atom is -0.506 e. The molecule has 1 aromatic carbocycles. The molecule has 0 unspecified atom stereocenters. The lowest BCUT2D eigenvalue weighted by molar-refractivity contribution is 0.381. The summed E-state index contributed by atoms with van der Waals surface area (Å²) in [5.41, 5.74) is 1.20. The number of para-hydroxylation sites is 1. The van der Waals surface area contributed by atoms with Crippen LogP contribution in [0, 0.1) is 0 Å². The van der Waals surface area contributed by atoms with Gasteiger partial charge in [-0.15, -0.1) is 0 Å². The van der Waals surface area contributed by atoms with Crippen molar-refractivity contribution in [2.24, 2.45) is 0 Å². The quantitative estimate of drug-likeness (QED) is 0.470. The van der Waals surface area contributed by atoms with Crippen LogP contribution < -0.4 is 0 Å². The standard InChI is InChI=1S/C6H5N3O.H2O4S/c10-5-3-1-2-4-6(5)8-9-7-4;1-5(2,3)4/h1-3,10H,(H,7,8,9);(H2,1,2,3,4). The molecule has 0 fully saturated rings. The van der Waals surface area contributed by atoms with Crippen molar-refractivity contribution in [1.82, 2.24) is 15.4 Å². The highest BCUT2D eigenvalue weighted by atomic mass is 32.3. The van der Waals surface area contributed by atoms with Gasteiger partial charge in [0.1, 0.15) is 11.3 Å². The third kappa shape index (κ3) is 3.89. The first-order valence-corrected chi connectivity index (χ1v) is 4.96. The van der Waals surface area contributed by atoms with Gasteiger partial charge in [-0.3, -0.25) is 9.11 Å². The molecule has 0 aliphatic rings. The van der Waals surface area contributed by atoms with Crippen LogP contribution in [0.3, 0.4) is 0 Å². The maximum absolute atomic E-state index is 9.14. The van der Waals surface area contributed by atoms with Gasteiger partial charge >= 0.3 is 10.4 Å². The molecule has 0 amide bonds. The van der Waals surface area contributed by atoms with Crippen molar-refractivity contribution in [3.8, 4) is 5.75 Å². The summed E-state index contributed by atoms with van der Waals surface area (Å²) in [4.78, 5) is 0. The van der Waals surface area contributed by atoms with Gasteiger partial charge in [0.15, 0.2) is 5.52 Å². The number of nitrogens with one attached hydrogen (secondary N) is 1. The van der Waals surface area contributed by atoms with Crippen LogP contribution in [0.2, 0.25) is 0 Å². The number of aromatic hydroxyl groups is 1. The lowest BCUT2D eigenvalue weighted by atomic mass is 10.3. The lowest BCUT2D eigenvalue weighted by Crippen LogP contribution is -1.89. The third-order valence-electron chi connectivity index (χ3n) is 1.33. The fourth-order valence-corrected chi connectivity index (χ4v) is 0.853. The van der Waals surface area contributed by atoms with Crippen molar-refractivity contribution in [1.29, 1.82) is 0 Å². The Hall–Kier alpha value is -1.71. The molecule has 0 atom stereocenters. The average Bonchev–Trinajstić information content (AvgIpc) is 2.49. The Labute approximate surface area is 84.1 Å². The number of rotatable bonds is 0. The topological polar surface area (TPSA) is 136 Å². The maximum atomic E-state index is 9.14. The first-order chi connectivity index (χ1) is 6.88. The molecule has 0 radical (unpaired) electrons. The molecule has 1 aromatic heterocycles. The summed E-state index contributed by atoms with van der Waals surface area (Å²) in [6, 6.07) is 5.07. The number of nitrogens with zero attached hydrogens (tertiary/aromatic N) is 2. The summed E-state index contributed by atoms with van der Waals surface area (Å²) >= 11 is 0. The summed E-state index contributed by atoms with van der Waals surface area (Å²) in [7, 11) is -4.67. The van der Waals surface area contributed by atoms with Gasteiger partial charge in [0.2, 0.25) is 0 Å². The number of H-pyrrole nitrogens is 1. The van der Waals surface area contributed by atoms with E-state index in [1.807, 2.05) is 0 Å². The monoisotopic (exact) mass is 233 g/mol. The van der Waals surface area contributed by atoms with E-state index in [1.54, 1.807) is 18.2 Å². The summed E-state index contributed by atoms with van der Waals surface area (Å²) in [5.74, 6) is 0.159. The number of hydrogen-bond donors (Lipinski definition) is 4. The van der Waals surface area contributed by atoms with Crippen LogP contribution in [0.5, 0.6) is 5.75 Å². The lowest BCUT2D eigenvalue weighted by Gasteiger charge is -1.87. The third-order valence-corrected chi connectivity index (χ3v) is 1.33. The summed E-state index contributed by atoms with van der Waals surface area (Å²) in [5, 5.41) is 19.1. The summed E-state index contributed by atoms with van der Waals surface area (Å²) in [6.07, 6.45) is 0. The second kappa shape index (κ2) is 4.21. The number of hydrogen-bond acceptors (Lipinski definition) is 5. The molecule has 8 nitrogen and oxygen atoms in total. The maximum Gasteiger partial charge on any atom is 0.394 e. The molecule has 0 spiro atoms. The van der Waals surface area contributed by atoms with Crippen LogP contribution in [-0.4, -0.2) is 38.0 Å². The zero-order valence-electron chi connectivity index (χ0n) is 7.19. The van der Waals surface area contributed by atoms with E-state index < -0.39 is 10.4 Å². The second-order valence-electron chi connectivity index (χ2n) is 2.42. The van der Waals surface area contributed by atoms with Crippen LogP contribution in [0.15, 0.2) is 18.2 Å². The highest BCUT2D eigenvalue weighted by Gasteiger charge is 1.99. The Morgan fingerprint density at radius 1 is 1.20 bits per heavy atom. The minimum atomic E-state index is -4.67. The Balaban J connectivity index is 0.000000195. The predicted octanol–water partition coefficient (Wildman–Crippen LogP) is 0.0107. The first kappa shape index (κ1) is 11.4. The van der Waals surface area contributed by atoms with Crippen molar-refractivity contribution in [2.45, 2.75) is 0 Å². The van der Waals surface area contributed by atoms with Crippen LogP contribution in [0.1, 0.15) is 0 Å². The minimum absolute atomic E-state index is 0.159. The number of phenols is 1.